The Labute approximate surface area is 125 Å². The van der Waals surface area contributed by atoms with Crippen LogP contribution in [0.15, 0.2) is 29.0 Å². The van der Waals surface area contributed by atoms with Crippen molar-refractivity contribution in [3.8, 4) is 0 Å². The fourth-order valence-corrected chi connectivity index (χ4v) is 2.91. The molecule has 17 heavy (non-hydrogen) atoms. The van der Waals surface area contributed by atoms with Gasteiger partial charge in [-0.3, -0.25) is 0 Å². The highest BCUT2D eigenvalue weighted by atomic mass is 35.5. The number of rotatable bonds is 2. The molecule has 6 heteroatoms. The number of hydrogen-bond acceptors (Lipinski definition) is 2. The van der Waals surface area contributed by atoms with Crippen molar-refractivity contribution in [2.75, 3.05) is 0 Å². The van der Waals surface area contributed by atoms with Crippen LogP contribution in [0, 0.1) is 0 Å². The third-order valence-electron chi connectivity index (χ3n) is 2.29. The maximum absolute atomic E-state index is 6.12. The molecule has 0 saturated heterocycles. The van der Waals surface area contributed by atoms with Crippen LogP contribution in [0.25, 0.3) is 0 Å². The van der Waals surface area contributed by atoms with Crippen LogP contribution in [0.1, 0.15) is 17.2 Å². The molecule has 0 radical (unpaired) electrons. The first kappa shape index (κ1) is 15.1. The molecule has 1 aromatic carbocycles. The van der Waals surface area contributed by atoms with Gasteiger partial charge in [0.1, 0.15) is 0 Å². The summed E-state index contributed by atoms with van der Waals surface area (Å²) in [5.74, 6) is 0. The van der Waals surface area contributed by atoms with Crippen molar-refractivity contribution in [3.63, 3.8) is 0 Å². The standard InChI is InChI=1S/C11H8Cl3NS.ClH/c12-7-1-2-8(13)10(14)9(7)11(15)6-3-4-16-5-6;/h1-5,11H,15H2;1H/t11-;/m1./s1. The van der Waals surface area contributed by atoms with E-state index in [9.17, 15) is 0 Å². The van der Waals surface area contributed by atoms with Crippen molar-refractivity contribution < 1.29 is 0 Å². The second-order valence-electron chi connectivity index (χ2n) is 3.29. The van der Waals surface area contributed by atoms with Gasteiger partial charge in [-0.15, -0.1) is 12.4 Å². The zero-order valence-electron chi connectivity index (χ0n) is 8.49. The lowest BCUT2D eigenvalue weighted by Gasteiger charge is -2.15. The van der Waals surface area contributed by atoms with E-state index < -0.39 is 0 Å². The molecule has 92 valence electrons. The first-order chi connectivity index (χ1) is 7.61. The fraction of sp³-hybridized carbons (Fsp3) is 0.0909. The Bertz CT molecular complexity index is 498. The van der Waals surface area contributed by atoms with E-state index in [1.165, 1.54) is 0 Å². The van der Waals surface area contributed by atoms with Gasteiger partial charge >= 0.3 is 0 Å². The molecular formula is C11H9Cl4NS. The molecule has 0 fully saturated rings. The Balaban J connectivity index is 0.00000144. The van der Waals surface area contributed by atoms with Crippen molar-refractivity contribution in [1.29, 1.82) is 0 Å². The number of nitrogens with two attached hydrogens (primary N) is 1. The molecule has 1 heterocycles. The summed E-state index contributed by atoms with van der Waals surface area (Å²) < 4.78 is 0. The molecule has 0 amide bonds. The molecule has 1 atom stereocenters. The normalized spacial score (nSPS) is 12.0. The molecule has 2 rings (SSSR count). The Morgan fingerprint density at radius 2 is 1.71 bits per heavy atom. The molecule has 2 N–H and O–H groups in total. The van der Waals surface area contributed by atoms with E-state index in [-0.39, 0.29) is 18.4 Å². The Morgan fingerprint density at radius 1 is 1.06 bits per heavy atom. The first-order valence-corrected chi connectivity index (χ1v) is 6.60. The number of benzene rings is 1. The van der Waals surface area contributed by atoms with E-state index in [0.29, 0.717) is 20.6 Å². The second-order valence-corrected chi connectivity index (χ2v) is 5.26. The van der Waals surface area contributed by atoms with Gasteiger partial charge in [0.25, 0.3) is 0 Å². The monoisotopic (exact) mass is 327 g/mol. The zero-order valence-corrected chi connectivity index (χ0v) is 12.4. The third-order valence-corrected chi connectivity index (χ3v) is 4.14. The van der Waals surface area contributed by atoms with Crippen LogP contribution in [-0.2, 0) is 0 Å². The molecule has 0 aliphatic heterocycles. The lowest BCUT2D eigenvalue weighted by atomic mass is 10.0. The van der Waals surface area contributed by atoms with E-state index in [1.807, 2.05) is 16.8 Å². The average Bonchev–Trinajstić information content (AvgIpc) is 2.77. The van der Waals surface area contributed by atoms with Crippen LogP contribution in [0.4, 0.5) is 0 Å². The van der Waals surface area contributed by atoms with Gasteiger partial charge in [0.2, 0.25) is 0 Å². The Morgan fingerprint density at radius 3 is 2.29 bits per heavy atom. The summed E-state index contributed by atoms with van der Waals surface area (Å²) in [6.07, 6.45) is 0. The van der Waals surface area contributed by atoms with Gasteiger partial charge in [0.05, 0.1) is 16.1 Å². The summed E-state index contributed by atoms with van der Waals surface area (Å²) in [7, 11) is 0. The molecule has 1 aromatic heterocycles. The number of thiophene rings is 1. The highest BCUT2D eigenvalue weighted by molar-refractivity contribution is 7.08. The quantitative estimate of drug-likeness (QED) is 0.755. The SMILES string of the molecule is Cl.N[C@H](c1ccsc1)c1c(Cl)ccc(Cl)c1Cl. The Hall–Kier alpha value is 0.0400. The molecule has 0 unspecified atom stereocenters. The summed E-state index contributed by atoms with van der Waals surface area (Å²) in [5, 5.41) is 5.35. The van der Waals surface area contributed by atoms with Crippen molar-refractivity contribution in [3.05, 3.63) is 55.2 Å². The summed E-state index contributed by atoms with van der Waals surface area (Å²) >= 11 is 19.7. The minimum Gasteiger partial charge on any atom is -0.320 e. The van der Waals surface area contributed by atoms with Crippen LogP contribution in [-0.4, -0.2) is 0 Å². The fourth-order valence-electron chi connectivity index (χ4n) is 1.45. The summed E-state index contributed by atoms with van der Waals surface area (Å²) in [6, 6.07) is 4.97. The minimum absolute atomic E-state index is 0. The molecule has 0 aliphatic rings. The number of halogens is 4. The summed E-state index contributed by atoms with van der Waals surface area (Å²) in [4.78, 5) is 0. The van der Waals surface area contributed by atoms with Crippen LogP contribution in [0.5, 0.6) is 0 Å². The zero-order chi connectivity index (χ0) is 11.7. The lowest BCUT2D eigenvalue weighted by molar-refractivity contribution is 0.877. The molecule has 0 saturated carbocycles. The predicted molar refractivity (Wildman–Crippen MR) is 79.1 cm³/mol. The van der Waals surface area contributed by atoms with Crippen molar-refractivity contribution in [2.24, 2.45) is 5.73 Å². The molecule has 0 spiro atoms. The molecular weight excluding hydrogens is 320 g/mol. The van der Waals surface area contributed by atoms with Gasteiger partial charge in [-0.25, -0.2) is 0 Å². The maximum atomic E-state index is 6.12. The van der Waals surface area contributed by atoms with Gasteiger partial charge in [-0.1, -0.05) is 34.8 Å². The summed E-state index contributed by atoms with van der Waals surface area (Å²) in [6.45, 7) is 0. The molecule has 1 nitrogen and oxygen atoms in total. The average molecular weight is 329 g/mol. The van der Waals surface area contributed by atoms with Crippen molar-refractivity contribution in [2.45, 2.75) is 6.04 Å². The predicted octanol–water partition coefficient (Wildman–Crippen LogP) is 5.18. The smallest absolute Gasteiger partial charge is 0.0658 e. The van der Waals surface area contributed by atoms with Crippen LogP contribution in [0.3, 0.4) is 0 Å². The largest absolute Gasteiger partial charge is 0.320 e. The van der Waals surface area contributed by atoms with Gasteiger partial charge in [0.15, 0.2) is 0 Å². The van der Waals surface area contributed by atoms with Crippen LogP contribution >= 0.6 is 58.5 Å². The van der Waals surface area contributed by atoms with Gasteiger partial charge in [-0.2, -0.15) is 11.3 Å². The van der Waals surface area contributed by atoms with Gasteiger partial charge in [0, 0.05) is 10.6 Å². The minimum atomic E-state index is -0.343. The first-order valence-electron chi connectivity index (χ1n) is 4.52. The maximum Gasteiger partial charge on any atom is 0.0658 e. The number of hydrogen-bond donors (Lipinski definition) is 1. The van der Waals surface area contributed by atoms with Gasteiger partial charge in [-0.05, 0) is 34.5 Å². The van der Waals surface area contributed by atoms with E-state index in [0.717, 1.165) is 5.56 Å². The molecule has 0 bridgehead atoms. The van der Waals surface area contributed by atoms with Gasteiger partial charge < -0.3 is 5.73 Å². The van der Waals surface area contributed by atoms with Crippen molar-refractivity contribution >= 4 is 58.5 Å². The highest BCUT2D eigenvalue weighted by Crippen LogP contribution is 2.37. The lowest BCUT2D eigenvalue weighted by Crippen LogP contribution is -2.12. The molecule has 2 aromatic rings. The third kappa shape index (κ3) is 3.08. The van der Waals surface area contributed by atoms with Crippen LogP contribution in [0.2, 0.25) is 15.1 Å². The van der Waals surface area contributed by atoms with Crippen molar-refractivity contribution in [1.82, 2.24) is 0 Å². The van der Waals surface area contributed by atoms with E-state index in [1.54, 1.807) is 23.5 Å². The summed E-state index contributed by atoms with van der Waals surface area (Å²) in [5.41, 5.74) is 7.77. The van der Waals surface area contributed by atoms with Crippen LogP contribution < -0.4 is 5.73 Å². The highest BCUT2D eigenvalue weighted by Gasteiger charge is 2.18. The topological polar surface area (TPSA) is 26.0 Å². The van der Waals surface area contributed by atoms with E-state index >= 15 is 0 Å². The second kappa shape index (κ2) is 6.28. The van der Waals surface area contributed by atoms with E-state index in [4.69, 9.17) is 40.5 Å². The molecule has 0 aliphatic carbocycles. The van der Waals surface area contributed by atoms with E-state index in [2.05, 4.69) is 0 Å². The Kier molecular flexibility index (Phi) is 5.58.